The van der Waals surface area contributed by atoms with Gasteiger partial charge in [0, 0.05) is 11.1 Å². The summed E-state index contributed by atoms with van der Waals surface area (Å²) in [5, 5.41) is 11.2. The van der Waals surface area contributed by atoms with Crippen LogP contribution in [0.15, 0.2) is 31.8 Å². The molecule has 0 radical (unpaired) electrons. The summed E-state index contributed by atoms with van der Waals surface area (Å²) in [5.74, 6) is -0.786. The smallest absolute Gasteiger partial charge is 0.293 e. The van der Waals surface area contributed by atoms with Gasteiger partial charge in [-0.2, -0.15) is 0 Å². The Hall–Kier alpha value is -1.61. The standard InChI is InChI=1S/C13H7Cl2N3O3S2/c1-22-13-18-17-12(23-13)16-11(20)9-4-8(19)6-2-5(14)3-7(15)10(6)21-9/h2-4H,1H3,(H,16,17,20). The van der Waals surface area contributed by atoms with Gasteiger partial charge >= 0.3 is 0 Å². The molecule has 2 heterocycles. The number of amides is 1. The molecule has 0 unspecified atom stereocenters. The van der Waals surface area contributed by atoms with Gasteiger partial charge in [-0.1, -0.05) is 46.3 Å². The molecule has 0 spiro atoms. The predicted octanol–water partition coefficient (Wildman–Crippen LogP) is 3.93. The molecule has 0 atom stereocenters. The van der Waals surface area contributed by atoms with Crippen LogP contribution >= 0.6 is 46.3 Å². The third-order valence-electron chi connectivity index (χ3n) is 2.77. The van der Waals surface area contributed by atoms with E-state index in [1.54, 1.807) is 0 Å². The maximum atomic E-state index is 12.2. The number of aromatic nitrogens is 2. The molecule has 1 aromatic carbocycles. The number of anilines is 1. The molecule has 0 aliphatic heterocycles. The highest BCUT2D eigenvalue weighted by Gasteiger charge is 2.16. The fraction of sp³-hybridized carbons (Fsp3) is 0.0769. The first-order chi connectivity index (χ1) is 11.0. The van der Waals surface area contributed by atoms with Gasteiger partial charge < -0.3 is 4.42 Å². The molecule has 0 saturated heterocycles. The van der Waals surface area contributed by atoms with E-state index >= 15 is 0 Å². The number of hydrogen-bond donors (Lipinski definition) is 1. The van der Waals surface area contributed by atoms with Crippen LogP contribution in [0, 0.1) is 0 Å². The zero-order valence-electron chi connectivity index (χ0n) is 11.4. The van der Waals surface area contributed by atoms with Gasteiger partial charge in [-0.05, 0) is 18.4 Å². The lowest BCUT2D eigenvalue weighted by Crippen LogP contribution is -2.15. The minimum Gasteiger partial charge on any atom is -0.449 e. The van der Waals surface area contributed by atoms with Crippen molar-refractivity contribution in [2.75, 3.05) is 11.6 Å². The highest BCUT2D eigenvalue weighted by Crippen LogP contribution is 2.27. The lowest BCUT2D eigenvalue weighted by atomic mass is 10.2. The number of carbonyl (C=O) groups is 1. The molecule has 0 bridgehead atoms. The molecule has 3 rings (SSSR count). The van der Waals surface area contributed by atoms with Crippen molar-refractivity contribution in [3.63, 3.8) is 0 Å². The molecule has 10 heteroatoms. The van der Waals surface area contributed by atoms with Crippen LogP contribution in [0.4, 0.5) is 5.13 Å². The van der Waals surface area contributed by atoms with Crippen molar-refractivity contribution in [3.05, 3.63) is 44.2 Å². The van der Waals surface area contributed by atoms with Crippen molar-refractivity contribution >= 4 is 68.3 Å². The summed E-state index contributed by atoms with van der Waals surface area (Å²) in [6.07, 6.45) is 1.85. The maximum Gasteiger partial charge on any atom is 0.293 e. The summed E-state index contributed by atoms with van der Waals surface area (Å²) < 4.78 is 6.15. The second kappa shape index (κ2) is 6.48. The highest BCUT2D eigenvalue weighted by molar-refractivity contribution is 8.00. The number of thioether (sulfide) groups is 1. The molecule has 3 aromatic rings. The van der Waals surface area contributed by atoms with Gasteiger partial charge in [0.2, 0.25) is 5.13 Å². The summed E-state index contributed by atoms with van der Waals surface area (Å²) in [4.78, 5) is 24.3. The largest absolute Gasteiger partial charge is 0.449 e. The number of nitrogens with one attached hydrogen (secondary N) is 1. The van der Waals surface area contributed by atoms with E-state index in [1.165, 1.54) is 35.2 Å². The summed E-state index contributed by atoms with van der Waals surface area (Å²) in [7, 11) is 0. The number of hydrogen-bond acceptors (Lipinski definition) is 7. The van der Waals surface area contributed by atoms with Crippen LogP contribution in [0.25, 0.3) is 11.0 Å². The van der Waals surface area contributed by atoms with E-state index in [4.69, 9.17) is 27.6 Å². The van der Waals surface area contributed by atoms with Crippen LogP contribution in [-0.4, -0.2) is 22.4 Å². The Bertz CT molecular complexity index is 971. The van der Waals surface area contributed by atoms with E-state index in [0.29, 0.717) is 14.5 Å². The van der Waals surface area contributed by atoms with Crippen LogP contribution in [0.2, 0.25) is 10.0 Å². The number of rotatable bonds is 3. The van der Waals surface area contributed by atoms with Crippen molar-refractivity contribution in [2.24, 2.45) is 0 Å². The Labute approximate surface area is 147 Å². The van der Waals surface area contributed by atoms with Gasteiger partial charge in [0.05, 0.1) is 10.4 Å². The molecule has 6 nitrogen and oxygen atoms in total. The first-order valence-electron chi connectivity index (χ1n) is 6.09. The van der Waals surface area contributed by atoms with Gasteiger partial charge in [-0.15, -0.1) is 10.2 Å². The Morgan fingerprint density at radius 3 is 2.78 bits per heavy atom. The average Bonchev–Trinajstić information content (AvgIpc) is 2.95. The van der Waals surface area contributed by atoms with E-state index in [0.717, 1.165) is 6.07 Å². The van der Waals surface area contributed by atoms with Crippen LogP contribution in [0.1, 0.15) is 10.6 Å². The molecule has 0 saturated carbocycles. The van der Waals surface area contributed by atoms with E-state index in [-0.39, 0.29) is 21.8 Å². The average molecular weight is 388 g/mol. The van der Waals surface area contributed by atoms with Crippen LogP contribution in [0.3, 0.4) is 0 Å². The molecular weight excluding hydrogens is 381 g/mol. The predicted molar refractivity (Wildman–Crippen MR) is 92.1 cm³/mol. The Morgan fingerprint density at radius 1 is 1.30 bits per heavy atom. The summed E-state index contributed by atoms with van der Waals surface area (Å²) in [6.45, 7) is 0. The van der Waals surface area contributed by atoms with E-state index in [9.17, 15) is 9.59 Å². The molecule has 0 fully saturated rings. The normalized spacial score (nSPS) is 10.9. The van der Waals surface area contributed by atoms with Crippen molar-refractivity contribution in [1.29, 1.82) is 0 Å². The molecular formula is C13H7Cl2N3O3S2. The first kappa shape index (κ1) is 16.3. The number of fused-ring (bicyclic) bond motifs is 1. The lowest BCUT2D eigenvalue weighted by Gasteiger charge is -2.04. The Balaban J connectivity index is 1.99. The fourth-order valence-electron chi connectivity index (χ4n) is 1.80. The van der Waals surface area contributed by atoms with E-state index < -0.39 is 11.3 Å². The summed E-state index contributed by atoms with van der Waals surface area (Å²) in [5.41, 5.74) is -0.307. The van der Waals surface area contributed by atoms with Crippen LogP contribution < -0.4 is 10.7 Å². The summed E-state index contributed by atoms with van der Waals surface area (Å²) in [6, 6.07) is 3.96. The fourth-order valence-corrected chi connectivity index (χ4v) is 3.49. The van der Waals surface area contributed by atoms with Gasteiger partial charge in [0.15, 0.2) is 21.1 Å². The second-order valence-corrected chi connectivity index (χ2v) is 7.15. The second-order valence-electron chi connectivity index (χ2n) is 4.27. The topological polar surface area (TPSA) is 85.1 Å². The molecule has 1 N–H and O–H groups in total. The Morgan fingerprint density at radius 2 is 2.09 bits per heavy atom. The van der Waals surface area contributed by atoms with Gasteiger partial charge in [-0.3, -0.25) is 14.9 Å². The lowest BCUT2D eigenvalue weighted by molar-refractivity contribution is 0.0997. The molecule has 2 aromatic heterocycles. The highest BCUT2D eigenvalue weighted by atomic mass is 35.5. The SMILES string of the molecule is CSc1nnc(NC(=O)c2cc(=O)c3cc(Cl)cc(Cl)c3o2)s1. The summed E-state index contributed by atoms with van der Waals surface area (Å²) >= 11 is 14.5. The third kappa shape index (κ3) is 3.35. The first-order valence-corrected chi connectivity index (χ1v) is 8.89. The van der Waals surface area contributed by atoms with E-state index in [1.807, 2.05) is 6.26 Å². The number of benzene rings is 1. The zero-order valence-corrected chi connectivity index (χ0v) is 14.6. The van der Waals surface area contributed by atoms with Crippen molar-refractivity contribution in [1.82, 2.24) is 10.2 Å². The number of halogens is 2. The van der Waals surface area contributed by atoms with Crippen LogP contribution in [-0.2, 0) is 0 Å². The van der Waals surface area contributed by atoms with Crippen molar-refractivity contribution in [3.8, 4) is 0 Å². The Kier molecular flexibility index (Phi) is 4.58. The third-order valence-corrected chi connectivity index (χ3v) is 5.09. The zero-order chi connectivity index (χ0) is 16.6. The molecule has 1 amide bonds. The number of carbonyl (C=O) groups excluding carboxylic acids is 1. The minimum atomic E-state index is -0.612. The van der Waals surface area contributed by atoms with Gasteiger partial charge in [-0.25, -0.2) is 0 Å². The molecule has 0 aliphatic rings. The molecule has 118 valence electrons. The maximum absolute atomic E-state index is 12.2. The van der Waals surface area contributed by atoms with Gasteiger partial charge in [0.25, 0.3) is 5.91 Å². The van der Waals surface area contributed by atoms with Crippen molar-refractivity contribution in [2.45, 2.75) is 4.34 Å². The molecule has 0 aliphatic carbocycles. The molecule has 23 heavy (non-hydrogen) atoms. The number of nitrogens with zero attached hydrogens (tertiary/aromatic N) is 2. The van der Waals surface area contributed by atoms with E-state index in [2.05, 4.69) is 15.5 Å². The van der Waals surface area contributed by atoms with Crippen LogP contribution in [0.5, 0.6) is 0 Å². The monoisotopic (exact) mass is 387 g/mol. The minimum absolute atomic E-state index is 0.107. The van der Waals surface area contributed by atoms with Crippen molar-refractivity contribution < 1.29 is 9.21 Å². The quantitative estimate of drug-likeness (QED) is 0.541. The van der Waals surface area contributed by atoms with Gasteiger partial charge in [0.1, 0.15) is 0 Å².